The molecule has 0 bridgehead atoms. The normalized spacial score (nSPS) is 24.7. The smallest absolute Gasteiger partial charge is 0.341 e. The number of carbonyl (C=O) groups is 1. The molecule has 6 heteroatoms. The van der Waals surface area contributed by atoms with Crippen molar-refractivity contribution in [2.75, 3.05) is 13.1 Å². The molecule has 0 aromatic carbocycles. The van der Waals surface area contributed by atoms with E-state index in [1.165, 1.54) is 4.90 Å². The molecule has 2 unspecified atom stereocenters. The summed E-state index contributed by atoms with van der Waals surface area (Å²) in [5.41, 5.74) is 2.42. The van der Waals surface area contributed by atoms with Gasteiger partial charge in [0.1, 0.15) is 0 Å². The van der Waals surface area contributed by atoms with E-state index < -0.39 is 17.6 Å². The van der Waals surface area contributed by atoms with Gasteiger partial charge in [-0.25, -0.2) is 0 Å². The van der Waals surface area contributed by atoms with Crippen LogP contribution in [0.5, 0.6) is 0 Å². The molecule has 0 aliphatic carbocycles. The number of likely N-dealkylation sites (tertiary alicyclic amines) is 1. The van der Waals surface area contributed by atoms with Crippen LogP contribution < -0.4 is 5.73 Å². The predicted octanol–water partition coefficient (Wildman–Crippen LogP) is 2.69. The summed E-state index contributed by atoms with van der Waals surface area (Å²) in [4.78, 5) is 13.2. The summed E-state index contributed by atoms with van der Waals surface area (Å²) < 4.78 is 38.3. The van der Waals surface area contributed by atoms with E-state index in [-0.39, 0.29) is 0 Å². The molecule has 1 aliphatic heterocycles. The molecule has 1 saturated heterocycles. The summed E-state index contributed by atoms with van der Waals surface area (Å²) >= 11 is 0. The molecule has 0 aromatic rings. The van der Waals surface area contributed by atoms with E-state index in [4.69, 9.17) is 5.73 Å². The largest absolute Gasteiger partial charge is 0.415 e. The number of hydrogen-bond acceptors (Lipinski definition) is 2. The minimum absolute atomic E-state index is 0.377. The second-order valence-electron chi connectivity index (χ2n) is 5.58. The summed E-state index contributed by atoms with van der Waals surface area (Å²) in [5.74, 6) is -0.491. The van der Waals surface area contributed by atoms with E-state index >= 15 is 0 Å². The molecule has 1 amide bonds. The Morgan fingerprint density at radius 1 is 1.32 bits per heavy atom. The van der Waals surface area contributed by atoms with Crippen molar-refractivity contribution in [1.29, 1.82) is 0 Å². The maximum absolute atomic E-state index is 12.8. The Hall–Kier alpha value is -0.780. The molecular weight excluding hydrogens is 257 g/mol. The van der Waals surface area contributed by atoms with Gasteiger partial charge in [-0.1, -0.05) is 19.8 Å². The first kappa shape index (κ1) is 16.3. The van der Waals surface area contributed by atoms with Gasteiger partial charge in [0.05, 0.1) is 0 Å². The molecule has 112 valence electrons. The molecule has 2 atom stereocenters. The lowest BCUT2D eigenvalue weighted by molar-refractivity contribution is -0.193. The predicted molar refractivity (Wildman–Crippen MR) is 67.5 cm³/mol. The van der Waals surface area contributed by atoms with Gasteiger partial charge in [0.25, 0.3) is 5.91 Å². The van der Waals surface area contributed by atoms with Crippen LogP contribution in [0, 0.1) is 5.92 Å². The van der Waals surface area contributed by atoms with Crippen LogP contribution in [-0.2, 0) is 4.79 Å². The van der Waals surface area contributed by atoms with Gasteiger partial charge in [0, 0.05) is 13.1 Å². The van der Waals surface area contributed by atoms with Crippen molar-refractivity contribution in [2.24, 2.45) is 11.7 Å². The zero-order chi connectivity index (χ0) is 14.7. The quantitative estimate of drug-likeness (QED) is 0.864. The van der Waals surface area contributed by atoms with Gasteiger partial charge in [-0.05, 0) is 32.1 Å². The first-order valence-electron chi connectivity index (χ1n) is 6.85. The molecule has 1 heterocycles. The Morgan fingerprint density at radius 2 is 1.95 bits per heavy atom. The summed E-state index contributed by atoms with van der Waals surface area (Å²) in [6.07, 6.45) is -0.0705. The van der Waals surface area contributed by atoms with Crippen LogP contribution in [0.1, 0.15) is 46.0 Å². The molecule has 2 N–H and O–H groups in total. The van der Waals surface area contributed by atoms with Crippen LogP contribution in [0.25, 0.3) is 0 Å². The van der Waals surface area contributed by atoms with Gasteiger partial charge < -0.3 is 10.6 Å². The molecule has 0 aromatic heterocycles. The van der Waals surface area contributed by atoms with Crippen molar-refractivity contribution in [2.45, 2.75) is 57.7 Å². The Balaban J connectivity index is 2.68. The highest BCUT2D eigenvalue weighted by molar-refractivity contribution is 5.86. The highest BCUT2D eigenvalue weighted by Crippen LogP contribution is 2.31. The lowest BCUT2D eigenvalue weighted by atomic mass is 9.96. The molecule has 0 radical (unpaired) electrons. The fraction of sp³-hybridized carbons (Fsp3) is 0.923. The molecule has 1 aliphatic rings. The summed E-state index contributed by atoms with van der Waals surface area (Å²) in [6, 6.07) is 0. The first-order chi connectivity index (χ1) is 8.70. The summed E-state index contributed by atoms with van der Waals surface area (Å²) in [6.45, 7) is 3.60. The van der Waals surface area contributed by atoms with Crippen molar-refractivity contribution in [3.05, 3.63) is 0 Å². The second-order valence-corrected chi connectivity index (χ2v) is 5.58. The number of amides is 1. The topological polar surface area (TPSA) is 46.3 Å². The second kappa shape index (κ2) is 6.11. The van der Waals surface area contributed by atoms with E-state index in [1.54, 1.807) is 0 Å². The number of hydrogen-bond donors (Lipinski definition) is 1. The van der Waals surface area contributed by atoms with Crippen molar-refractivity contribution in [1.82, 2.24) is 4.90 Å². The van der Waals surface area contributed by atoms with Crippen LogP contribution in [0.2, 0.25) is 0 Å². The molecule has 3 nitrogen and oxygen atoms in total. The van der Waals surface area contributed by atoms with Crippen molar-refractivity contribution in [3.63, 3.8) is 0 Å². The van der Waals surface area contributed by atoms with Crippen molar-refractivity contribution < 1.29 is 18.0 Å². The number of halogens is 3. The van der Waals surface area contributed by atoms with Gasteiger partial charge in [-0.2, -0.15) is 13.2 Å². The zero-order valence-electron chi connectivity index (χ0n) is 11.6. The third-order valence-electron chi connectivity index (χ3n) is 3.86. The number of rotatable bonds is 3. The van der Waals surface area contributed by atoms with E-state index in [0.717, 1.165) is 39.0 Å². The third kappa shape index (κ3) is 3.84. The van der Waals surface area contributed by atoms with Crippen LogP contribution in [0.3, 0.4) is 0 Å². The summed E-state index contributed by atoms with van der Waals surface area (Å²) in [5, 5.41) is 0. The fourth-order valence-corrected chi connectivity index (χ4v) is 2.52. The van der Waals surface area contributed by atoms with Crippen molar-refractivity contribution >= 4 is 5.91 Å². The zero-order valence-corrected chi connectivity index (χ0v) is 11.6. The van der Waals surface area contributed by atoms with E-state index in [0.29, 0.717) is 19.0 Å². The van der Waals surface area contributed by atoms with Gasteiger partial charge in [0.15, 0.2) is 5.54 Å². The highest BCUT2D eigenvalue weighted by atomic mass is 19.4. The minimum Gasteiger partial charge on any atom is -0.341 e. The van der Waals surface area contributed by atoms with Crippen LogP contribution >= 0.6 is 0 Å². The third-order valence-corrected chi connectivity index (χ3v) is 3.86. The highest BCUT2D eigenvalue weighted by Gasteiger charge is 2.55. The van der Waals surface area contributed by atoms with Crippen LogP contribution in [-0.4, -0.2) is 35.6 Å². The van der Waals surface area contributed by atoms with Gasteiger partial charge >= 0.3 is 6.18 Å². The van der Waals surface area contributed by atoms with E-state index in [2.05, 4.69) is 6.92 Å². The SMILES string of the molecule is CCCC1CCCN(C(=O)C(C)(N)C(F)(F)F)CC1. The molecule has 19 heavy (non-hydrogen) atoms. The maximum atomic E-state index is 12.8. The van der Waals surface area contributed by atoms with Crippen LogP contribution in [0.4, 0.5) is 13.2 Å². The number of nitrogens with zero attached hydrogens (tertiary/aromatic N) is 1. The monoisotopic (exact) mass is 280 g/mol. The molecular formula is C13H23F3N2O. The Bertz CT molecular complexity index is 316. The standard InChI is InChI=1S/C13H23F3N2O/c1-3-5-10-6-4-8-18(9-7-10)11(19)12(2,17)13(14,15)16/h10H,3-9,17H2,1-2H3. The lowest BCUT2D eigenvalue weighted by Gasteiger charge is -2.32. The first-order valence-corrected chi connectivity index (χ1v) is 6.85. The number of alkyl halides is 3. The fourth-order valence-electron chi connectivity index (χ4n) is 2.52. The van der Waals surface area contributed by atoms with Gasteiger partial charge in [-0.3, -0.25) is 4.79 Å². The number of nitrogens with two attached hydrogens (primary N) is 1. The minimum atomic E-state index is -4.71. The van der Waals surface area contributed by atoms with E-state index in [1.807, 2.05) is 0 Å². The van der Waals surface area contributed by atoms with Crippen molar-refractivity contribution in [3.8, 4) is 0 Å². The molecule has 0 spiro atoms. The average molecular weight is 280 g/mol. The molecule has 0 saturated carbocycles. The number of carbonyl (C=O) groups excluding carboxylic acids is 1. The lowest BCUT2D eigenvalue weighted by Crippen LogP contribution is -2.62. The van der Waals surface area contributed by atoms with Gasteiger partial charge in [-0.15, -0.1) is 0 Å². The Labute approximate surface area is 112 Å². The van der Waals surface area contributed by atoms with E-state index in [9.17, 15) is 18.0 Å². The Morgan fingerprint density at radius 3 is 2.47 bits per heavy atom. The molecule has 1 fully saturated rings. The maximum Gasteiger partial charge on any atom is 0.415 e. The molecule has 1 rings (SSSR count). The Kier molecular flexibility index (Phi) is 5.24. The average Bonchev–Trinajstić information content (AvgIpc) is 2.52. The van der Waals surface area contributed by atoms with Crippen LogP contribution in [0.15, 0.2) is 0 Å². The van der Waals surface area contributed by atoms with Gasteiger partial charge in [0.2, 0.25) is 0 Å². The summed E-state index contributed by atoms with van der Waals surface area (Å²) in [7, 11) is 0.